The van der Waals surface area contributed by atoms with Gasteiger partial charge >= 0.3 is 0 Å². The molecule has 1 aromatic heterocycles. The molecular formula is C14H16N2O3. The Hall–Kier alpha value is -2.09. The molecule has 1 unspecified atom stereocenters. The zero-order valence-corrected chi connectivity index (χ0v) is 10.6. The number of ketones is 1. The highest BCUT2D eigenvalue weighted by molar-refractivity contribution is 6.11. The standard InChI is InChI=1S/C14H16N2O3/c15-8-12(13(17)10-6-7-19-9-10)14(18)16-11-4-2-1-3-5-11/h6-7,9,11-12H,1-5H2,(H,16,18). The number of hydrogen-bond acceptors (Lipinski definition) is 4. The maximum absolute atomic E-state index is 12.0. The minimum Gasteiger partial charge on any atom is -0.472 e. The first-order valence-electron chi connectivity index (χ1n) is 6.49. The molecule has 0 spiro atoms. The first-order valence-corrected chi connectivity index (χ1v) is 6.49. The van der Waals surface area contributed by atoms with Crippen LogP contribution >= 0.6 is 0 Å². The Bertz CT molecular complexity index is 481. The zero-order chi connectivity index (χ0) is 13.7. The lowest BCUT2D eigenvalue weighted by Gasteiger charge is -2.23. The summed E-state index contributed by atoms with van der Waals surface area (Å²) in [6.45, 7) is 0. The number of Topliss-reactive ketones (excluding diaryl/α,β-unsaturated/α-hetero) is 1. The van der Waals surface area contributed by atoms with Crippen LogP contribution < -0.4 is 5.32 Å². The van der Waals surface area contributed by atoms with Crippen molar-refractivity contribution in [2.24, 2.45) is 5.92 Å². The second-order valence-corrected chi connectivity index (χ2v) is 4.78. The molecular weight excluding hydrogens is 244 g/mol. The first-order chi connectivity index (χ1) is 9.22. The van der Waals surface area contributed by atoms with E-state index in [9.17, 15) is 9.59 Å². The van der Waals surface area contributed by atoms with Crippen LogP contribution in [0, 0.1) is 17.2 Å². The lowest BCUT2D eigenvalue weighted by Crippen LogP contribution is -2.41. The van der Waals surface area contributed by atoms with Crippen molar-refractivity contribution in [1.82, 2.24) is 5.32 Å². The summed E-state index contributed by atoms with van der Waals surface area (Å²) >= 11 is 0. The number of amides is 1. The van der Waals surface area contributed by atoms with Crippen LogP contribution in [0.2, 0.25) is 0 Å². The fourth-order valence-electron chi connectivity index (χ4n) is 2.34. The Morgan fingerprint density at radius 2 is 2.11 bits per heavy atom. The average molecular weight is 260 g/mol. The quantitative estimate of drug-likeness (QED) is 0.663. The van der Waals surface area contributed by atoms with Crippen LogP contribution in [0.25, 0.3) is 0 Å². The fourth-order valence-corrected chi connectivity index (χ4v) is 2.34. The van der Waals surface area contributed by atoms with Gasteiger partial charge in [-0.1, -0.05) is 19.3 Å². The molecule has 19 heavy (non-hydrogen) atoms. The molecule has 2 rings (SSSR count). The van der Waals surface area contributed by atoms with Crippen molar-refractivity contribution >= 4 is 11.7 Å². The van der Waals surface area contributed by atoms with Crippen molar-refractivity contribution in [3.05, 3.63) is 24.2 Å². The van der Waals surface area contributed by atoms with Gasteiger partial charge in [0.05, 0.1) is 17.9 Å². The monoisotopic (exact) mass is 260 g/mol. The molecule has 0 radical (unpaired) electrons. The third-order valence-corrected chi connectivity index (χ3v) is 3.41. The molecule has 1 aliphatic carbocycles. The van der Waals surface area contributed by atoms with Gasteiger partial charge in [-0.3, -0.25) is 9.59 Å². The van der Waals surface area contributed by atoms with E-state index in [1.165, 1.54) is 25.0 Å². The maximum Gasteiger partial charge on any atom is 0.245 e. The molecule has 1 atom stereocenters. The second-order valence-electron chi connectivity index (χ2n) is 4.78. The summed E-state index contributed by atoms with van der Waals surface area (Å²) in [5.41, 5.74) is 0.255. The van der Waals surface area contributed by atoms with E-state index in [0.717, 1.165) is 25.7 Å². The minimum atomic E-state index is -1.29. The molecule has 100 valence electrons. The number of nitrogens with one attached hydrogen (secondary N) is 1. The molecule has 1 N–H and O–H groups in total. The Labute approximate surface area is 111 Å². The van der Waals surface area contributed by atoms with Gasteiger partial charge in [0, 0.05) is 6.04 Å². The van der Waals surface area contributed by atoms with Crippen LogP contribution in [0.15, 0.2) is 23.0 Å². The lowest BCUT2D eigenvalue weighted by atomic mass is 9.94. The van der Waals surface area contributed by atoms with Gasteiger partial charge in [-0.2, -0.15) is 5.26 Å². The van der Waals surface area contributed by atoms with E-state index in [4.69, 9.17) is 9.68 Å². The van der Waals surface area contributed by atoms with E-state index in [1.54, 1.807) is 6.07 Å². The van der Waals surface area contributed by atoms with E-state index in [1.807, 2.05) is 0 Å². The fraction of sp³-hybridized carbons (Fsp3) is 0.500. The summed E-state index contributed by atoms with van der Waals surface area (Å²) in [4.78, 5) is 24.0. The minimum absolute atomic E-state index is 0.0919. The third-order valence-electron chi connectivity index (χ3n) is 3.41. The molecule has 0 saturated heterocycles. The highest BCUT2D eigenvalue weighted by Gasteiger charge is 2.29. The summed E-state index contributed by atoms with van der Waals surface area (Å²) in [6, 6.07) is 3.33. The average Bonchev–Trinajstić information content (AvgIpc) is 2.94. The molecule has 0 aromatic carbocycles. The van der Waals surface area contributed by atoms with Crippen molar-refractivity contribution in [3.63, 3.8) is 0 Å². The molecule has 1 aliphatic rings. The van der Waals surface area contributed by atoms with Crippen LogP contribution in [0.5, 0.6) is 0 Å². The van der Waals surface area contributed by atoms with Gasteiger partial charge in [0.2, 0.25) is 5.91 Å². The van der Waals surface area contributed by atoms with Gasteiger partial charge in [-0.05, 0) is 18.9 Å². The van der Waals surface area contributed by atoms with E-state index in [-0.39, 0.29) is 11.6 Å². The van der Waals surface area contributed by atoms with Gasteiger partial charge in [-0.15, -0.1) is 0 Å². The third kappa shape index (κ3) is 3.22. The van der Waals surface area contributed by atoms with Crippen molar-refractivity contribution in [1.29, 1.82) is 5.26 Å². The maximum atomic E-state index is 12.0. The predicted molar refractivity (Wildman–Crippen MR) is 67.2 cm³/mol. The van der Waals surface area contributed by atoms with Crippen LogP contribution in [0.4, 0.5) is 0 Å². The number of nitriles is 1. The number of nitrogens with zero attached hydrogens (tertiary/aromatic N) is 1. The van der Waals surface area contributed by atoms with Crippen molar-refractivity contribution < 1.29 is 14.0 Å². The molecule has 5 nitrogen and oxygen atoms in total. The van der Waals surface area contributed by atoms with Gasteiger partial charge in [0.15, 0.2) is 11.7 Å². The van der Waals surface area contributed by atoms with Crippen LogP contribution in [0.1, 0.15) is 42.5 Å². The van der Waals surface area contributed by atoms with Gasteiger partial charge in [0.1, 0.15) is 6.26 Å². The van der Waals surface area contributed by atoms with E-state index in [2.05, 4.69) is 5.32 Å². The smallest absolute Gasteiger partial charge is 0.245 e. The number of hydrogen-bond donors (Lipinski definition) is 1. The highest BCUT2D eigenvalue weighted by Crippen LogP contribution is 2.18. The normalized spacial score (nSPS) is 17.4. The van der Waals surface area contributed by atoms with E-state index in [0.29, 0.717) is 0 Å². The Morgan fingerprint density at radius 1 is 1.37 bits per heavy atom. The molecule has 1 saturated carbocycles. The van der Waals surface area contributed by atoms with Crippen molar-refractivity contribution in [2.75, 3.05) is 0 Å². The molecule has 1 aromatic rings. The molecule has 1 amide bonds. The SMILES string of the molecule is N#CC(C(=O)NC1CCCCC1)C(=O)c1ccoc1. The molecule has 5 heteroatoms. The number of furan rings is 1. The predicted octanol–water partition coefficient (Wildman–Crippen LogP) is 2.05. The molecule has 1 fully saturated rings. The first kappa shape index (κ1) is 13.3. The highest BCUT2D eigenvalue weighted by atomic mass is 16.3. The van der Waals surface area contributed by atoms with Crippen molar-refractivity contribution in [2.45, 2.75) is 38.1 Å². The van der Waals surface area contributed by atoms with Crippen LogP contribution in [-0.4, -0.2) is 17.7 Å². The van der Waals surface area contributed by atoms with Gasteiger partial charge in [0.25, 0.3) is 0 Å². The van der Waals surface area contributed by atoms with Crippen molar-refractivity contribution in [3.8, 4) is 6.07 Å². The van der Waals surface area contributed by atoms with Gasteiger partial charge in [-0.25, -0.2) is 0 Å². The van der Waals surface area contributed by atoms with E-state index < -0.39 is 17.6 Å². The van der Waals surface area contributed by atoms with Gasteiger partial charge < -0.3 is 9.73 Å². The second kappa shape index (κ2) is 6.19. The molecule has 0 bridgehead atoms. The van der Waals surface area contributed by atoms with Crippen LogP contribution in [0.3, 0.4) is 0 Å². The topological polar surface area (TPSA) is 83.1 Å². The largest absolute Gasteiger partial charge is 0.472 e. The summed E-state index contributed by atoms with van der Waals surface area (Å²) in [5, 5.41) is 11.8. The summed E-state index contributed by atoms with van der Waals surface area (Å²) in [5.74, 6) is -2.30. The zero-order valence-electron chi connectivity index (χ0n) is 10.6. The summed E-state index contributed by atoms with van der Waals surface area (Å²) < 4.78 is 4.80. The number of carbonyl (C=O) groups excluding carboxylic acids is 2. The Morgan fingerprint density at radius 3 is 2.68 bits per heavy atom. The van der Waals surface area contributed by atoms with E-state index >= 15 is 0 Å². The molecule has 1 heterocycles. The Balaban J connectivity index is 1.99. The lowest BCUT2D eigenvalue weighted by molar-refractivity contribution is -0.123. The Kier molecular flexibility index (Phi) is 4.35. The number of carbonyl (C=O) groups is 2. The molecule has 0 aliphatic heterocycles. The summed E-state index contributed by atoms with van der Waals surface area (Å²) in [6.07, 6.45) is 7.78. The summed E-state index contributed by atoms with van der Waals surface area (Å²) in [7, 11) is 0. The van der Waals surface area contributed by atoms with Crippen LogP contribution in [-0.2, 0) is 4.79 Å². The number of rotatable bonds is 4.